The van der Waals surface area contributed by atoms with E-state index in [2.05, 4.69) is 10.4 Å². The standard InChI is InChI=1S/C29H29F3N4O3S/c1-28(39)14-20(15-28)35(3)24(37)16-33-27(38)29(2)25(23-5-4-12-40-23)26(17-6-8-18(30)9-7-17)34-36(29)22-11-10-19(31)13-21(22)32/h4-13,20,25,39H,14-16H2,1-3H3,(H,33,38). The number of nitrogens with zero attached hydrogens (tertiary/aromatic N) is 3. The van der Waals surface area contributed by atoms with Crippen molar-refractivity contribution in [3.8, 4) is 0 Å². The minimum atomic E-state index is -1.59. The maximum absolute atomic E-state index is 15.2. The van der Waals surface area contributed by atoms with Gasteiger partial charge in [0, 0.05) is 24.0 Å². The summed E-state index contributed by atoms with van der Waals surface area (Å²) in [5, 5.41) is 20.5. The van der Waals surface area contributed by atoms with E-state index in [-0.39, 0.29) is 24.2 Å². The number of hydrogen-bond acceptors (Lipinski definition) is 6. The molecule has 2 atom stereocenters. The zero-order valence-corrected chi connectivity index (χ0v) is 23.0. The Kier molecular flexibility index (Phi) is 7.22. The number of thiophene rings is 1. The fraction of sp³-hybridized carbons (Fsp3) is 0.345. The molecule has 3 aromatic rings. The average Bonchev–Trinajstić information content (AvgIpc) is 3.52. The van der Waals surface area contributed by atoms with E-state index < -0.39 is 40.4 Å². The Hall–Kier alpha value is -3.70. The van der Waals surface area contributed by atoms with Crippen molar-refractivity contribution in [3.05, 3.63) is 87.9 Å². The minimum Gasteiger partial charge on any atom is -0.390 e. The van der Waals surface area contributed by atoms with Crippen LogP contribution in [-0.2, 0) is 9.59 Å². The van der Waals surface area contributed by atoms with Crippen LogP contribution in [0.4, 0.5) is 18.9 Å². The summed E-state index contributed by atoms with van der Waals surface area (Å²) in [7, 11) is 1.62. The van der Waals surface area contributed by atoms with Crippen LogP contribution in [0.2, 0.25) is 0 Å². The van der Waals surface area contributed by atoms with Crippen molar-refractivity contribution in [3.63, 3.8) is 0 Å². The van der Waals surface area contributed by atoms with Crippen molar-refractivity contribution in [2.45, 2.75) is 49.8 Å². The number of likely N-dealkylation sites (N-methyl/N-ethyl adjacent to an activating group) is 1. The zero-order valence-electron chi connectivity index (χ0n) is 22.2. The third kappa shape index (κ3) is 4.99. The Morgan fingerprint density at radius 3 is 2.38 bits per heavy atom. The summed E-state index contributed by atoms with van der Waals surface area (Å²) in [6.45, 7) is 2.97. The topological polar surface area (TPSA) is 85.2 Å². The molecule has 2 unspecified atom stereocenters. The third-order valence-corrected chi connectivity index (χ3v) is 8.68. The van der Waals surface area contributed by atoms with Gasteiger partial charge in [-0.2, -0.15) is 5.10 Å². The van der Waals surface area contributed by atoms with Crippen LogP contribution < -0.4 is 10.3 Å². The molecule has 2 aliphatic rings. The molecule has 2 amide bonds. The Morgan fingerprint density at radius 2 is 1.77 bits per heavy atom. The molecule has 210 valence electrons. The number of nitrogens with one attached hydrogen (secondary N) is 1. The van der Waals surface area contributed by atoms with Crippen molar-refractivity contribution in [2.24, 2.45) is 5.10 Å². The monoisotopic (exact) mass is 570 g/mol. The fourth-order valence-corrected chi connectivity index (χ4v) is 6.40. The number of aliphatic hydroxyl groups is 1. The third-order valence-electron chi connectivity index (χ3n) is 7.74. The molecule has 40 heavy (non-hydrogen) atoms. The van der Waals surface area contributed by atoms with Gasteiger partial charge in [0.1, 0.15) is 11.6 Å². The van der Waals surface area contributed by atoms with Gasteiger partial charge in [-0.05, 0) is 68.0 Å². The molecule has 0 radical (unpaired) electrons. The molecule has 11 heteroatoms. The number of hydrazone groups is 1. The summed E-state index contributed by atoms with van der Waals surface area (Å²) < 4.78 is 42.8. The quantitative estimate of drug-likeness (QED) is 0.441. The highest BCUT2D eigenvalue weighted by Crippen LogP contribution is 2.46. The van der Waals surface area contributed by atoms with E-state index >= 15 is 4.39 Å². The lowest BCUT2D eigenvalue weighted by molar-refractivity contribution is -0.141. The van der Waals surface area contributed by atoms with E-state index in [1.807, 2.05) is 17.5 Å². The van der Waals surface area contributed by atoms with Crippen LogP contribution in [0.1, 0.15) is 43.0 Å². The van der Waals surface area contributed by atoms with Gasteiger partial charge in [-0.25, -0.2) is 18.2 Å². The smallest absolute Gasteiger partial charge is 0.249 e. The Balaban J connectivity index is 1.52. The van der Waals surface area contributed by atoms with Gasteiger partial charge >= 0.3 is 0 Å². The van der Waals surface area contributed by atoms with Crippen LogP contribution in [0.5, 0.6) is 0 Å². The second kappa shape index (κ2) is 10.4. The van der Waals surface area contributed by atoms with Crippen molar-refractivity contribution < 1.29 is 27.9 Å². The summed E-state index contributed by atoms with van der Waals surface area (Å²) >= 11 is 1.37. The molecule has 1 saturated carbocycles. The molecule has 1 aliphatic heterocycles. The molecule has 0 bridgehead atoms. The van der Waals surface area contributed by atoms with Crippen LogP contribution in [0, 0.1) is 17.5 Å². The van der Waals surface area contributed by atoms with Crippen LogP contribution in [-0.4, -0.2) is 58.3 Å². The molecular weight excluding hydrogens is 541 g/mol. The van der Waals surface area contributed by atoms with E-state index in [1.54, 1.807) is 20.9 Å². The molecule has 2 heterocycles. The van der Waals surface area contributed by atoms with Gasteiger partial charge in [-0.3, -0.25) is 9.59 Å². The van der Waals surface area contributed by atoms with Crippen molar-refractivity contribution in [1.82, 2.24) is 10.2 Å². The number of amides is 2. The van der Waals surface area contributed by atoms with Crippen molar-refractivity contribution in [2.75, 3.05) is 18.6 Å². The maximum atomic E-state index is 15.2. The lowest BCUT2D eigenvalue weighted by Crippen LogP contribution is -2.59. The molecule has 5 rings (SSSR count). The molecule has 2 aromatic carbocycles. The van der Waals surface area contributed by atoms with E-state index in [0.717, 1.165) is 10.9 Å². The molecule has 1 aromatic heterocycles. The zero-order chi connectivity index (χ0) is 28.8. The second-order valence-corrected chi connectivity index (χ2v) is 11.7. The number of carbonyl (C=O) groups excluding carboxylic acids is 2. The highest BCUT2D eigenvalue weighted by Gasteiger charge is 2.55. The van der Waals surface area contributed by atoms with Crippen molar-refractivity contribution in [1.29, 1.82) is 0 Å². The van der Waals surface area contributed by atoms with Gasteiger partial charge in [0.15, 0.2) is 11.4 Å². The average molecular weight is 571 g/mol. The highest BCUT2D eigenvalue weighted by atomic mass is 32.1. The van der Waals surface area contributed by atoms with Crippen LogP contribution in [0.15, 0.2) is 65.1 Å². The summed E-state index contributed by atoms with van der Waals surface area (Å²) in [6, 6.07) is 12.1. The highest BCUT2D eigenvalue weighted by molar-refractivity contribution is 7.10. The molecule has 1 fully saturated rings. The van der Waals surface area contributed by atoms with E-state index in [4.69, 9.17) is 0 Å². The number of rotatable bonds is 7. The lowest BCUT2D eigenvalue weighted by Gasteiger charge is -2.45. The Bertz CT molecular complexity index is 1450. The summed E-state index contributed by atoms with van der Waals surface area (Å²) in [6.07, 6.45) is 0.877. The normalized spacial score (nSPS) is 25.8. The molecule has 2 N–H and O–H groups in total. The first-order chi connectivity index (χ1) is 18.9. The van der Waals surface area contributed by atoms with Gasteiger partial charge in [0.05, 0.1) is 29.5 Å². The van der Waals surface area contributed by atoms with E-state index in [9.17, 15) is 23.5 Å². The predicted molar refractivity (Wildman–Crippen MR) is 147 cm³/mol. The van der Waals surface area contributed by atoms with Gasteiger partial charge in [-0.15, -0.1) is 11.3 Å². The molecule has 0 spiro atoms. The first-order valence-corrected chi connectivity index (χ1v) is 13.7. The Labute approximate surface area is 233 Å². The number of hydrogen-bond donors (Lipinski definition) is 2. The predicted octanol–water partition coefficient (Wildman–Crippen LogP) is 4.42. The molecule has 1 aliphatic carbocycles. The van der Waals surface area contributed by atoms with Gasteiger partial charge < -0.3 is 15.3 Å². The first kappa shape index (κ1) is 27.9. The van der Waals surface area contributed by atoms with Crippen LogP contribution >= 0.6 is 11.3 Å². The molecule has 0 saturated heterocycles. The fourth-order valence-electron chi connectivity index (χ4n) is 5.45. The van der Waals surface area contributed by atoms with Gasteiger partial charge in [0.2, 0.25) is 11.8 Å². The molecular formula is C29H29F3N4O3S. The first-order valence-electron chi connectivity index (χ1n) is 12.8. The van der Waals surface area contributed by atoms with Crippen molar-refractivity contribution >= 4 is 34.6 Å². The number of halogens is 3. The second-order valence-electron chi connectivity index (χ2n) is 10.7. The number of carbonyl (C=O) groups is 2. The SMILES string of the molecule is CN(C(=O)CNC(=O)C1(C)C(c2cccs2)C(c2ccc(F)cc2)=NN1c1ccc(F)cc1F)C1CC(C)(O)C1. The summed E-state index contributed by atoms with van der Waals surface area (Å²) in [5.41, 5.74) is -1.62. The maximum Gasteiger partial charge on any atom is 0.249 e. The van der Waals surface area contributed by atoms with E-state index in [0.29, 0.717) is 30.2 Å². The van der Waals surface area contributed by atoms with Crippen LogP contribution in [0.25, 0.3) is 0 Å². The van der Waals surface area contributed by atoms with Crippen LogP contribution in [0.3, 0.4) is 0 Å². The summed E-state index contributed by atoms with van der Waals surface area (Å²) in [4.78, 5) is 29.2. The molecule has 7 nitrogen and oxygen atoms in total. The minimum absolute atomic E-state index is 0.127. The lowest BCUT2D eigenvalue weighted by atomic mass is 9.76. The number of benzene rings is 2. The van der Waals surface area contributed by atoms with Gasteiger partial charge in [0.25, 0.3) is 0 Å². The van der Waals surface area contributed by atoms with Gasteiger partial charge in [-0.1, -0.05) is 18.2 Å². The summed E-state index contributed by atoms with van der Waals surface area (Å²) in [5.74, 6) is -3.83. The largest absolute Gasteiger partial charge is 0.390 e. The van der Waals surface area contributed by atoms with E-state index in [1.165, 1.54) is 51.6 Å². The Morgan fingerprint density at radius 1 is 1.10 bits per heavy atom. The number of anilines is 1.